The minimum absolute atomic E-state index is 0.0429. The zero-order valence-electron chi connectivity index (χ0n) is 19.6. The summed E-state index contributed by atoms with van der Waals surface area (Å²) in [5.74, 6) is -0.545. The summed E-state index contributed by atoms with van der Waals surface area (Å²) in [6, 6.07) is 14.3. The van der Waals surface area contributed by atoms with Crippen LogP contribution in [0.1, 0.15) is 64.8 Å². The van der Waals surface area contributed by atoms with E-state index < -0.39 is 0 Å². The van der Waals surface area contributed by atoms with Crippen LogP contribution in [0.25, 0.3) is 0 Å². The Morgan fingerprint density at radius 1 is 0.853 bits per heavy atom. The lowest BCUT2D eigenvalue weighted by molar-refractivity contribution is -0.127. The number of halogens is 1. The van der Waals surface area contributed by atoms with E-state index in [1.54, 1.807) is 29.2 Å². The average Bonchev–Trinajstić information content (AvgIpc) is 2.85. The third-order valence-corrected chi connectivity index (χ3v) is 7.31. The number of nitrogens with one attached hydrogen (secondary N) is 2. The lowest BCUT2D eigenvalue weighted by Crippen LogP contribution is -2.55. The number of carbonyl (C=O) groups is 3. The van der Waals surface area contributed by atoms with Gasteiger partial charge in [0, 0.05) is 30.7 Å². The summed E-state index contributed by atoms with van der Waals surface area (Å²) in [7, 11) is 0. The van der Waals surface area contributed by atoms with E-state index in [4.69, 9.17) is 11.6 Å². The molecule has 2 N–H and O–H groups in total. The van der Waals surface area contributed by atoms with Crippen molar-refractivity contribution in [3.63, 3.8) is 0 Å². The average molecular weight is 482 g/mol. The molecule has 1 heterocycles. The van der Waals surface area contributed by atoms with Gasteiger partial charge in [0.15, 0.2) is 0 Å². The number of likely N-dealkylation sites (tertiary alicyclic amines) is 1. The smallest absolute Gasteiger partial charge is 0.255 e. The Kier molecular flexibility index (Phi) is 7.88. The number of benzene rings is 2. The highest BCUT2D eigenvalue weighted by molar-refractivity contribution is 6.33. The Morgan fingerprint density at radius 2 is 1.50 bits per heavy atom. The number of rotatable bonds is 5. The normalized spacial score (nSPS) is 22.6. The number of hydrogen-bond donors (Lipinski definition) is 2. The number of amides is 3. The van der Waals surface area contributed by atoms with Crippen molar-refractivity contribution in [2.45, 2.75) is 57.5 Å². The second-order valence-electron chi connectivity index (χ2n) is 9.36. The van der Waals surface area contributed by atoms with Gasteiger partial charge in [-0.15, -0.1) is 0 Å². The van der Waals surface area contributed by atoms with Crippen LogP contribution in [0.2, 0.25) is 5.02 Å². The predicted octanol–water partition coefficient (Wildman–Crippen LogP) is 4.36. The van der Waals surface area contributed by atoms with E-state index in [2.05, 4.69) is 10.6 Å². The summed E-state index contributed by atoms with van der Waals surface area (Å²) in [4.78, 5) is 40.8. The maximum atomic E-state index is 13.2. The van der Waals surface area contributed by atoms with Gasteiger partial charge in [-0.2, -0.15) is 0 Å². The third-order valence-electron chi connectivity index (χ3n) is 6.98. The minimum atomic E-state index is -0.269. The summed E-state index contributed by atoms with van der Waals surface area (Å²) in [6.07, 6.45) is 5.22. The van der Waals surface area contributed by atoms with Crippen molar-refractivity contribution in [1.29, 1.82) is 0 Å². The van der Waals surface area contributed by atoms with Gasteiger partial charge in [-0.3, -0.25) is 14.4 Å². The van der Waals surface area contributed by atoms with Gasteiger partial charge < -0.3 is 15.5 Å². The van der Waals surface area contributed by atoms with Crippen molar-refractivity contribution in [3.8, 4) is 0 Å². The molecule has 1 aliphatic carbocycles. The lowest BCUT2D eigenvalue weighted by atomic mass is 9.88. The van der Waals surface area contributed by atoms with Crippen LogP contribution >= 0.6 is 11.6 Å². The molecule has 3 amide bonds. The Balaban J connectivity index is 1.38. The van der Waals surface area contributed by atoms with E-state index in [9.17, 15) is 14.4 Å². The van der Waals surface area contributed by atoms with Gasteiger partial charge in [-0.05, 0) is 56.4 Å². The number of nitrogens with zero attached hydrogens (tertiary/aromatic N) is 1. The molecule has 1 aliphatic heterocycles. The molecule has 34 heavy (non-hydrogen) atoms. The van der Waals surface area contributed by atoms with Crippen molar-refractivity contribution in [3.05, 3.63) is 70.2 Å². The number of carbonyl (C=O) groups excluding carboxylic acids is 3. The molecule has 2 fully saturated rings. The molecule has 1 unspecified atom stereocenters. The largest absolute Gasteiger partial charge is 0.351 e. The van der Waals surface area contributed by atoms with Crippen LogP contribution in [0.5, 0.6) is 0 Å². The molecule has 4 rings (SSSR count). The van der Waals surface area contributed by atoms with Gasteiger partial charge in [0.25, 0.3) is 11.8 Å². The summed E-state index contributed by atoms with van der Waals surface area (Å²) >= 11 is 6.22. The Hall–Kier alpha value is -2.86. The van der Waals surface area contributed by atoms with Gasteiger partial charge in [-0.25, -0.2) is 0 Å². The molecule has 0 spiro atoms. The standard InChI is InChI=1S/C27H32ClN3O3/c1-18-9-2-3-11-20(18)26(33)30-24-15-7-6-14-23(24)29-25(32)19-10-8-16-31(17-19)27(34)21-12-4-5-13-22(21)28/h2-5,9,11-13,19,23-24H,6-8,10,14-17H2,1H3,(H,29,32)(H,30,33)/t19?,23-,24-/m1/s1. The Morgan fingerprint density at radius 3 is 2.21 bits per heavy atom. The third kappa shape index (κ3) is 5.61. The van der Waals surface area contributed by atoms with E-state index in [-0.39, 0.29) is 35.7 Å². The van der Waals surface area contributed by atoms with Gasteiger partial charge >= 0.3 is 0 Å². The van der Waals surface area contributed by atoms with Crippen molar-refractivity contribution in [1.82, 2.24) is 15.5 Å². The van der Waals surface area contributed by atoms with E-state index >= 15 is 0 Å². The van der Waals surface area contributed by atoms with E-state index in [0.717, 1.165) is 44.1 Å². The molecule has 7 heteroatoms. The van der Waals surface area contributed by atoms with Crippen LogP contribution in [-0.2, 0) is 4.79 Å². The van der Waals surface area contributed by atoms with Crippen molar-refractivity contribution in [2.75, 3.05) is 13.1 Å². The highest BCUT2D eigenvalue weighted by Gasteiger charge is 2.33. The highest BCUT2D eigenvalue weighted by Crippen LogP contribution is 2.24. The fourth-order valence-electron chi connectivity index (χ4n) is 5.03. The first kappa shape index (κ1) is 24.3. The maximum absolute atomic E-state index is 13.2. The molecule has 2 aromatic rings. The van der Waals surface area contributed by atoms with Crippen LogP contribution in [-0.4, -0.2) is 47.8 Å². The van der Waals surface area contributed by atoms with E-state index in [0.29, 0.717) is 29.2 Å². The number of piperidine rings is 1. The van der Waals surface area contributed by atoms with Crippen LogP contribution < -0.4 is 10.6 Å². The summed E-state index contributed by atoms with van der Waals surface area (Å²) < 4.78 is 0. The summed E-state index contributed by atoms with van der Waals surface area (Å²) in [6.45, 7) is 2.92. The van der Waals surface area contributed by atoms with Crippen LogP contribution in [0.4, 0.5) is 0 Å². The van der Waals surface area contributed by atoms with Gasteiger partial charge in [0.05, 0.1) is 16.5 Å². The summed E-state index contributed by atoms with van der Waals surface area (Å²) in [5, 5.41) is 6.78. The molecule has 180 valence electrons. The van der Waals surface area contributed by atoms with Crippen LogP contribution in [0.15, 0.2) is 48.5 Å². The van der Waals surface area contributed by atoms with Crippen LogP contribution in [0, 0.1) is 12.8 Å². The molecular weight excluding hydrogens is 450 g/mol. The second-order valence-corrected chi connectivity index (χ2v) is 9.77. The van der Waals surface area contributed by atoms with Crippen molar-refractivity contribution in [2.24, 2.45) is 5.92 Å². The molecule has 3 atom stereocenters. The van der Waals surface area contributed by atoms with Gasteiger partial charge in [-0.1, -0.05) is 54.8 Å². The SMILES string of the molecule is Cc1ccccc1C(=O)N[C@@H]1CCCC[C@H]1NC(=O)C1CCCN(C(=O)c2ccccc2Cl)C1. The van der Waals surface area contributed by atoms with Crippen molar-refractivity contribution < 1.29 is 14.4 Å². The van der Waals surface area contributed by atoms with E-state index in [1.807, 2.05) is 31.2 Å². The highest BCUT2D eigenvalue weighted by atomic mass is 35.5. The molecule has 0 radical (unpaired) electrons. The van der Waals surface area contributed by atoms with Crippen LogP contribution in [0.3, 0.4) is 0 Å². The molecule has 0 bridgehead atoms. The number of hydrogen-bond acceptors (Lipinski definition) is 3. The first-order chi connectivity index (χ1) is 16.4. The molecule has 1 saturated carbocycles. The molecule has 0 aromatic heterocycles. The molecular formula is C27H32ClN3O3. The first-order valence-electron chi connectivity index (χ1n) is 12.1. The minimum Gasteiger partial charge on any atom is -0.351 e. The quantitative estimate of drug-likeness (QED) is 0.666. The van der Waals surface area contributed by atoms with Gasteiger partial charge in [0.2, 0.25) is 5.91 Å². The lowest BCUT2D eigenvalue weighted by Gasteiger charge is -2.36. The molecule has 2 aliphatic rings. The zero-order chi connectivity index (χ0) is 24.1. The first-order valence-corrected chi connectivity index (χ1v) is 12.5. The fourth-order valence-corrected chi connectivity index (χ4v) is 5.25. The topological polar surface area (TPSA) is 78.5 Å². The molecule has 2 aromatic carbocycles. The van der Waals surface area contributed by atoms with Crippen molar-refractivity contribution >= 4 is 29.3 Å². The Bertz CT molecular complexity index is 1060. The molecule has 1 saturated heterocycles. The Labute approximate surface area is 206 Å². The van der Waals surface area contributed by atoms with Gasteiger partial charge in [0.1, 0.15) is 0 Å². The summed E-state index contributed by atoms with van der Waals surface area (Å²) in [5.41, 5.74) is 2.07. The maximum Gasteiger partial charge on any atom is 0.255 e. The monoisotopic (exact) mass is 481 g/mol. The van der Waals surface area contributed by atoms with E-state index in [1.165, 1.54) is 0 Å². The zero-order valence-corrected chi connectivity index (χ0v) is 20.3. The molecule has 6 nitrogen and oxygen atoms in total. The number of aryl methyl sites for hydroxylation is 1. The second kappa shape index (κ2) is 11.0. The fraction of sp³-hybridized carbons (Fsp3) is 0.444. The predicted molar refractivity (Wildman–Crippen MR) is 133 cm³/mol.